The second-order valence-corrected chi connectivity index (χ2v) is 10.6. The van der Waals surface area contributed by atoms with Gasteiger partial charge in [-0.05, 0) is 67.4 Å². The highest BCUT2D eigenvalue weighted by atomic mass is 32.2. The Hall–Kier alpha value is -1.79. The van der Waals surface area contributed by atoms with Crippen LogP contribution < -0.4 is 5.32 Å². The molecule has 0 aromatic heterocycles. The van der Waals surface area contributed by atoms with Crippen molar-refractivity contribution in [2.75, 3.05) is 14.1 Å². The van der Waals surface area contributed by atoms with Gasteiger partial charge in [0.25, 0.3) is 5.91 Å². The van der Waals surface area contributed by atoms with Crippen molar-refractivity contribution in [3.05, 3.63) is 33.7 Å². The van der Waals surface area contributed by atoms with Crippen LogP contribution in [-0.4, -0.2) is 41.3 Å². The smallest absolute Gasteiger partial charge is 0.286 e. The van der Waals surface area contributed by atoms with Gasteiger partial charge in [-0.25, -0.2) is 0 Å². The van der Waals surface area contributed by atoms with Crippen LogP contribution in [0.4, 0.5) is 0 Å². The average Bonchev–Trinajstić information content (AvgIpc) is 2.85. The van der Waals surface area contributed by atoms with E-state index in [4.69, 9.17) is 0 Å². The lowest BCUT2D eigenvalue weighted by Gasteiger charge is -2.28. The number of amides is 1. The fraction of sp³-hybridized carbons (Fsp3) is 0.545. The third kappa shape index (κ3) is 5.17. The molecule has 0 bridgehead atoms. The van der Waals surface area contributed by atoms with Gasteiger partial charge in [-0.15, -0.1) is 0 Å². The van der Waals surface area contributed by atoms with E-state index in [0.29, 0.717) is 15.8 Å². The van der Waals surface area contributed by atoms with Crippen molar-refractivity contribution in [3.8, 4) is 5.75 Å². The third-order valence-electron chi connectivity index (χ3n) is 4.77. The van der Waals surface area contributed by atoms with Gasteiger partial charge in [0.1, 0.15) is 5.75 Å². The number of aromatic hydroxyl groups is 1. The van der Waals surface area contributed by atoms with Crippen LogP contribution in [0.2, 0.25) is 0 Å². The van der Waals surface area contributed by atoms with Gasteiger partial charge in [0.05, 0.1) is 11.1 Å². The minimum absolute atomic E-state index is 0.0760. The van der Waals surface area contributed by atoms with E-state index in [1.807, 2.05) is 44.1 Å². The number of carbonyl (C=O) groups is 1. The minimum Gasteiger partial charge on any atom is -0.507 e. The molecule has 154 valence electrons. The van der Waals surface area contributed by atoms with Crippen LogP contribution in [0.1, 0.15) is 65.2 Å². The van der Waals surface area contributed by atoms with Crippen molar-refractivity contribution in [1.82, 2.24) is 10.2 Å². The highest BCUT2D eigenvalue weighted by Crippen LogP contribution is 2.40. The van der Waals surface area contributed by atoms with E-state index in [2.05, 4.69) is 51.9 Å². The van der Waals surface area contributed by atoms with Crippen LogP contribution in [0.25, 0.3) is 6.08 Å². The Bertz CT molecular complexity index is 792. The van der Waals surface area contributed by atoms with E-state index >= 15 is 0 Å². The summed E-state index contributed by atoms with van der Waals surface area (Å²) in [6, 6.07) is 3.94. The fourth-order valence-corrected chi connectivity index (χ4v) is 3.71. The number of nitrogens with one attached hydrogen (secondary N) is 1. The molecule has 28 heavy (non-hydrogen) atoms. The Morgan fingerprint density at radius 3 is 2.04 bits per heavy atom. The standard InChI is InChI=1S/C22H33N3O2S/c1-13(25(8)9)23-20-24-19(27)17(28-20)12-14-10-15(21(2,3)4)18(26)16(11-14)22(5,6)7/h10-13,26H,1-9H3,(H,23,24,27). The number of nitrogens with zero attached hydrogens (tertiary/aromatic N) is 2. The molecule has 1 atom stereocenters. The van der Waals surface area contributed by atoms with E-state index < -0.39 is 0 Å². The molecule has 5 nitrogen and oxygen atoms in total. The first-order valence-corrected chi connectivity index (χ1v) is 10.4. The number of aliphatic imine (C=N–C) groups is 1. The largest absolute Gasteiger partial charge is 0.507 e. The molecule has 1 unspecified atom stereocenters. The molecular formula is C22H33N3O2S. The molecule has 2 N–H and O–H groups in total. The van der Waals surface area contributed by atoms with Crippen LogP contribution >= 0.6 is 11.8 Å². The molecule has 0 saturated heterocycles. The van der Waals surface area contributed by atoms with E-state index in [0.717, 1.165) is 16.7 Å². The number of thioether (sulfide) groups is 1. The van der Waals surface area contributed by atoms with Crippen molar-refractivity contribution in [2.45, 2.75) is 65.5 Å². The van der Waals surface area contributed by atoms with Gasteiger partial charge in [-0.2, -0.15) is 4.99 Å². The number of rotatable bonds is 3. The van der Waals surface area contributed by atoms with Gasteiger partial charge in [0.15, 0.2) is 5.17 Å². The second-order valence-electron chi connectivity index (χ2n) is 9.58. The Labute approximate surface area is 173 Å². The van der Waals surface area contributed by atoms with Crippen LogP contribution in [-0.2, 0) is 15.6 Å². The number of hydrogen-bond donors (Lipinski definition) is 2. The lowest BCUT2D eigenvalue weighted by atomic mass is 9.78. The van der Waals surface area contributed by atoms with Gasteiger partial charge < -0.3 is 10.4 Å². The minimum atomic E-state index is -0.235. The molecule has 0 aliphatic carbocycles. The molecule has 0 radical (unpaired) electrons. The molecule has 1 aromatic carbocycles. The number of carbonyl (C=O) groups excluding carboxylic acids is 1. The first kappa shape index (κ1) is 22.5. The first-order chi connectivity index (χ1) is 12.7. The van der Waals surface area contributed by atoms with Crippen molar-refractivity contribution < 1.29 is 9.90 Å². The summed E-state index contributed by atoms with van der Waals surface area (Å²) in [6.07, 6.45) is 1.95. The zero-order valence-corrected chi connectivity index (χ0v) is 19.3. The fourth-order valence-electron chi connectivity index (χ4n) is 2.81. The molecular weight excluding hydrogens is 370 g/mol. The lowest BCUT2D eigenvalue weighted by Crippen LogP contribution is -2.40. The topological polar surface area (TPSA) is 64.9 Å². The van der Waals surface area contributed by atoms with Crippen LogP contribution in [0.5, 0.6) is 5.75 Å². The van der Waals surface area contributed by atoms with E-state index in [1.54, 1.807) is 0 Å². The van der Waals surface area contributed by atoms with Crippen molar-refractivity contribution in [2.24, 2.45) is 4.99 Å². The van der Waals surface area contributed by atoms with E-state index in [-0.39, 0.29) is 22.9 Å². The summed E-state index contributed by atoms with van der Waals surface area (Å²) in [5, 5.41) is 14.7. The first-order valence-electron chi connectivity index (χ1n) is 9.53. The monoisotopic (exact) mass is 403 g/mol. The van der Waals surface area contributed by atoms with Gasteiger partial charge in [0.2, 0.25) is 0 Å². The van der Waals surface area contributed by atoms with Crippen molar-refractivity contribution in [3.63, 3.8) is 0 Å². The Kier molecular flexibility index (Phi) is 6.36. The number of hydrogen-bond acceptors (Lipinski definition) is 5. The Balaban J connectivity index is 2.42. The highest BCUT2D eigenvalue weighted by molar-refractivity contribution is 8.18. The summed E-state index contributed by atoms with van der Waals surface area (Å²) in [4.78, 5) is 19.1. The Morgan fingerprint density at radius 1 is 1.11 bits per heavy atom. The quantitative estimate of drug-likeness (QED) is 0.576. The maximum absolute atomic E-state index is 12.4. The van der Waals surface area contributed by atoms with Gasteiger partial charge in [0, 0.05) is 11.1 Å². The van der Waals surface area contributed by atoms with Crippen LogP contribution in [0.3, 0.4) is 0 Å². The predicted octanol–water partition coefficient (Wildman–Crippen LogP) is 4.45. The molecule has 1 aliphatic heterocycles. The lowest BCUT2D eigenvalue weighted by molar-refractivity contribution is -0.113. The second kappa shape index (κ2) is 7.91. The Morgan fingerprint density at radius 2 is 1.61 bits per heavy atom. The molecule has 1 aliphatic rings. The zero-order valence-electron chi connectivity index (χ0n) is 18.5. The molecule has 6 heteroatoms. The summed E-state index contributed by atoms with van der Waals surface area (Å²) in [5.41, 5.74) is 2.23. The highest BCUT2D eigenvalue weighted by Gasteiger charge is 2.28. The zero-order chi connectivity index (χ0) is 21.4. The summed E-state index contributed by atoms with van der Waals surface area (Å²) in [6.45, 7) is 14.5. The molecule has 0 fully saturated rings. The van der Waals surface area contributed by atoms with Gasteiger partial charge in [-0.1, -0.05) is 41.5 Å². The number of benzene rings is 1. The number of amidine groups is 1. The molecule has 0 spiro atoms. The van der Waals surface area contributed by atoms with Gasteiger partial charge in [-0.3, -0.25) is 9.69 Å². The summed E-state index contributed by atoms with van der Waals surface area (Å²) in [5.74, 6) is 0.104. The maximum Gasteiger partial charge on any atom is 0.286 e. The summed E-state index contributed by atoms with van der Waals surface area (Å²) < 4.78 is 0. The maximum atomic E-state index is 12.4. The third-order valence-corrected chi connectivity index (χ3v) is 5.69. The summed E-state index contributed by atoms with van der Waals surface area (Å²) >= 11 is 1.35. The van der Waals surface area contributed by atoms with Crippen LogP contribution in [0, 0.1) is 0 Å². The van der Waals surface area contributed by atoms with Crippen molar-refractivity contribution in [1.29, 1.82) is 0 Å². The number of phenolic OH excluding ortho intramolecular Hbond substituents is 1. The van der Waals surface area contributed by atoms with E-state index in [9.17, 15) is 9.90 Å². The van der Waals surface area contributed by atoms with Gasteiger partial charge >= 0.3 is 0 Å². The molecule has 2 rings (SSSR count). The molecule has 1 heterocycles. The van der Waals surface area contributed by atoms with Crippen LogP contribution in [0.15, 0.2) is 22.0 Å². The molecule has 1 amide bonds. The normalized spacial score (nSPS) is 18.0. The average molecular weight is 404 g/mol. The van der Waals surface area contributed by atoms with Crippen molar-refractivity contribution >= 4 is 28.9 Å². The molecule has 0 saturated carbocycles. The SMILES string of the molecule is CC(NC1=NC(=O)C(=Cc2cc(C(C)(C)C)c(O)c(C(C)(C)C)c2)S1)N(C)C. The number of phenols is 1. The summed E-state index contributed by atoms with van der Waals surface area (Å²) in [7, 11) is 3.93. The van der Waals surface area contributed by atoms with E-state index in [1.165, 1.54) is 11.8 Å². The predicted molar refractivity (Wildman–Crippen MR) is 120 cm³/mol. The molecule has 1 aromatic rings.